The zero-order chi connectivity index (χ0) is 21.3. The molecule has 0 saturated heterocycles. The van der Waals surface area contributed by atoms with Crippen molar-refractivity contribution >= 4 is 44.1 Å². The zero-order valence-electron chi connectivity index (χ0n) is 17.2. The number of rotatable bonds is 6. The summed E-state index contributed by atoms with van der Waals surface area (Å²) >= 11 is 3.57. The molecule has 5 nitrogen and oxygen atoms in total. The summed E-state index contributed by atoms with van der Waals surface area (Å²) < 4.78 is 37.8. The van der Waals surface area contributed by atoms with Crippen molar-refractivity contribution in [3.63, 3.8) is 0 Å². The second-order valence-corrected chi connectivity index (χ2v) is 9.61. The van der Waals surface area contributed by atoms with E-state index in [9.17, 15) is 8.42 Å². The van der Waals surface area contributed by atoms with Crippen LogP contribution in [-0.2, 0) is 23.1 Å². The first-order chi connectivity index (χ1) is 14.4. The van der Waals surface area contributed by atoms with E-state index in [1.807, 2.05) is 25.1 Å². The molecule has 3 aromatic rings. The lowest BCUT2D eigenvalue weighted by Crippen LogP contribution is -2.21. The molecule has 0 fully saturated rings. The Hall–Kier alpha value is -2.22. The average Bonchev–Trinajstić information content (AvgIpc) is 3.14. The summed E-state index contributed by atoms with van der Waals surface area (Å²) in [4.78, 5) is 2.33. The van der Waals surface area contributed by atoms with E-state index in [-0.39, 0.29) is 23.1 Å². The third-order valence-corrected chi connectivity index (χ3v) is 7.20. The Morgan fingerprint density at radius 3 is 2.45 bits per heavy atom. The van der Waals surface area contributed by atoms with E-state index in [4.69, 9.17) is 8.92 Å². The highest BCUT2D eigenvalue weighted by Crippen LogP contribution is 2.40. The molecule has 0 bridgehead atoms. The molecule has 0 saturated carbocycles. The van der Waals surface area contributed by atoms with Crippen LogP contribution in [0.2, 0.25) is 0 Å². The second-order valence-electron chi connectivity index (χ2n) is 7.21. The van der Waals surface area contributed by atoms with E-state index >= 15 is 0 Å². The van der Waals surface area contributed by atoms with Crippen LogP contribution < -0.4 is 13.8 Å². The monoisotopic (exact) mass is 523 g/mol. The fourth-order valence-electron chi connectivity index (χ4n) is 3.61. The summed E-state index contributed by atoms with van der Waals surface area (Å²) in [7, 11) is -2.51. The Bertz CT molecular complexity index is 1180. The van der Waals surface area contributed by atoms with Crippen molar-refractivity contribution < 1.29 is 17.3 Å². The van der Waals surface area contributed by atoms with Crippen molar-refractivity contribution in [3.05, 3.63) is 81.8 Å². The summed E-state index contributed by atoms with van der Waals surface area (Å²) in [6, 6.07) is 18.4. The molecule has 4 rings (SSSR count). The van der Waals surface area contributed by atoms with Crippen LogP contribution in [0, 0.1) is 6.92 Å². The van der Waals surface area contributed by atoms with Crippen LogP contribution in [0.5, 0.6) is 11.5 Å². The van der Waals surface area contributed by atoms with E-state index in [1.54, 1.807) is 30.3 Å². The minimum atomic E-state index is -4.02. The van der Waals surface area contributed by atoms with Gasteiger partial charge in [-0.3, -0.25) is 0 Å². The predicted molar refractivity (Wildman–Crippen MR) is 128 cm³/mol. The highest BCUT2D eigenvalue weighted by molar-refractivity contribution is 9.10. The van der Waals surface area contributed by atoms with Crippen LogP contribution in [0.3, 0.4) is 0 Å². The summed E-state index contributed by atoms with van der Waals surface area (Å²) in [5.41, 5.74) is 4.13. The molecule has 8 heteroatoms. The number of anilines is 1. The minimum absolute atomic E-state index is 0. The lowest BCUT2D eigenvalue weighted by atomic mass is 10.1. The van der Waals surface area contributed by atoms with Crippen molar-refractivity contribution in [1.29, 1.82) is 0 Å². The maximum atomic E-state index is 13.0. The molecule has 1 aliphatic heterocycles. The standard InChI is InChI=1S/C23H22BrNO4S.ClH/c1-16-7-9-18(10-8-16)30(26,27)29-23-19(20(24)11-12-22(23)28-2)15-25-14-13-17-5-3-4-6-21(17)25;/h3-12H,13-15H2,1-2H3;1H. The third-order valence-electron chi connectivity index (χ3n) is 5.22. The van der Waals surface area contributed by atoms with Gasteiger partial charge < -0.3 is 13.8 Å². The van der Waals surface area contributed by atoms with Crippen LogP contribution >= 0.6 is 28.3 Å². The second kappa shape index (κ2) is 9.51. The summed E-state index contributed by atoms with van der Waals surface area (Å²) in [5.74, 6) is 0.577. The number of ether oxygens (including phenoxy) is 1. The predicted octanol–water partition coefficient (Wildman–Crippen LogP) is 5.52. The molecule has 0 aromatic heterocycles. The normalized spacial score (nSPS) is 12.8. The van der Waals surface area contributed by atoms with Gasteiger partial charge in [-0.25, -0.2) is 0 Å². The first-order valence-electron chi connectivity index (χ1n) is 9.58. The molecule has 1 aliphatic rings. The van der Waals surface area contributed by atoms with Crippen molar-refractivity contribution in [3.8, 4) is 11.5 Å². The van der Waals surface area contributed by atoms with E-state index < -0.39 is 10.1 Å². The highest BCUT2D eigenvalue weighted by Gasteiger charge is 2.26. The van der Waals surface area contributed by atoms with Gasteiger partial charge in [-0.05, 0) is 49.2 Å². The third kappa shape index (κ3) is 4.84. The molecule has 1 heterocycles. The van der Waals surface area contributed by atoms with Gasteiger partial charge in [-0.15, -0.1) is 12.4 Å². The molecule has 0 amide bonds. The molecule has 0 radical (unpaired) electrons. The van der Waals surface area contributed by atoms with Crippen LogP contribution in [-0.4, -0.2) is 22.1 Å². The van der Waals surface area contributed by atoms with Gasteiger partial charge in [0.15, 0.2) is 11.5 Å². The van der Waals surface area contributed by atoms with Gasteiger partial charge in [0.05, 0.1) is 7.11 Å². The van der Waals surface area contributed by atoms with Crippen LogP contribution in [0.15, 0.2) is 70.0 Å². The van der Waals surface area contributed by atoms with Gasteiger partial charge in [0.1, 0.15) is 4.90 Å². The van der Waals surface area contributed by atoms with Crippen molar-refractivity contribution in [2.24, 2.45) is 0 Å². The van der Waals surface area contributed by atoms with Crippen molar-refractivity contribution in [2.75, 3.05) is 18.6 Å². The zero-order valence-corrected chi connectivity index (χ0v) is 20.4. The van der Waals surface area contributed by atoms with E-state index in [0.29, 0.717) is 12.3 Å². The van der Waals surface area contributed by atoms with E-state index in [1.165, 1.54) is 12.7 Å². The molecule has 0 aliphatic carbocycles. The van der Waals surface area contributed by atoms with Crippen molar-refractivity contribution in [1.82, 2.24) is 0 Å². The number of benzene rings is 3. The highest BCUT2D eigenvalue weighted by atomic mass is 79.9. The van der Waals surface area contributed by atoms with Crippen LogP contribution in [0.25, 0.3) is 0 Å². The molecule has 0 unspecified atom stereocenters. The van der Waals surface area contributed by atoms with Crippen LogP contribution in [0.4, 0.5) is 5.69 Å². The Kier molecular flexibility index (Phi) is 7.19. The topological polar surface area (TPSA) is 55.8 Å². The van der Waals surface area contributed by atoms with E-state index in [2.05, 4.69) is 33.0 Å². The number of aryl methyl sites for hydroxylation is 1. The summed E-state index contributed by atoms with van der Waals surface area (Å²) in [6.07, 6.45) is 0.954. The molecule has 31 heavy (non-hydrogen) atoms. The number of fused-ring (bicyclic) bond motifs is 1. The SMILES string of the molecule is COc1ccc(Br)c(CN2CCc3ccccc32)c1OS(=O)(=O)c1ccc(C)cc1.Cl. The van der Waals surface area contributed by atoms with Gasteiger partial charge in [0.25, 0.3) is 0 Å². The number of methoxy groups -OCH3 is 1. The van der Waals surface area contributed by atoms with Gasteiger partial charge in [0, 0.05) is 28.8 Å². The molecule has 3 aromatic carbocycles. The molecular weight excluding hydrogens is 502 g/mol. The number of halogens is 2. The first-order valence-corrected chi connectivity index (χ1v) is 11.8. The van der Waals surface area contributed by atoms with Crippen molar-refractivity contribution in [2.45, 2.75) is 24.8 Å². The molecule has 0 N–H and O–H groups in total. The molecule has 0 spiro atoms. The maximum absolute atomic E-state index is 13.0. The quantitative estimate of drug-likeness (QED) is 0.398. The van der Waals surface area contributed by atoms with Crippen LogP contribution in [0.1, 0.15) is 16.7 Å². The Labute approximate surface area is 197 Å². The Morgan fingerprint density at radius 1 is 1.03 bits per heavy atom. The largest absolute Gasteiger partial charge is 0.493 e. The van der Waals surface area contributed by atoms with Gasteiger partial charge in [-0.2, -0.15) is 8.42 Å². The van der Waals surface area contributed by atoms with E-state index in [0.717, 1.165) is 34.3 Å². The first kappa shape index (κ1) is 23.4. The number of hydrogen-bond acceptors (Lipinski definition) is 5. The summed E-state index contributed by atoms with van der Waals surface area (Å²) in [6.45, 7) is 3.25. The fourth-order valence-corrected chi connectivity index (χ4v) is 5.01. The average molecular weight is 525 g/mol. The smallest absolute Gasteiger partial charge is 0.339 e. The maximum Gasteiger partial charge on any atom is 0.339 e. The van der Waals surface area contributed by atoms with Gasteiger partial charge in [-0.1, -0.05) is 51.8 Å². The van der Waals surface area contributed by atoms with Gasteiger partial charge in [0.2, 0.25) is 0 Å². The lowest BCUT2D eigenvalue weighted by molar-refractivity contribution is 0.388. The summed E-state index contributed by atoms with van der Waals surface area (Å²) in [5, 5.41) is 0. The Morgan fingerprint density at radius 2 is 1.74 bits per heavy atom. The molecular formula is C23H23BrClNO4S. The lowest BCUT2D eigenvalue weighted by Gasteiger charge is -2.23. The number of hydrogen-bond donors (Lipinski definition) is 0. The molecule has 164 valence electrons. The molecule has 0 atom stereocenters. The van der Waals surface area contributed by atoms with Gasteiger partial charge >= 0.3 is 10.1 Å². The number of para-hydroxylation sites is 1. The Balaban J connectivity index is 0.00000272. The minimum Gasteiger partial charge on any atom is -0.493 e. The fraction of sp³-hybridized carbons (Fsp3) is 0.217. The number of nitrogens with zero attached hydrogens (tertiary/aromatic N) is 1.